The first-order valence-corrected chi connectivity index (χ1v) is 6.60. The van der Waals surface area contributed by atoms with E-state index in [0.717, 1.165) is 12.1 Å². The van der Waals surface area contributed by atoms with Crippen LogP contribution in [0.5, 0.6) is 0 Å². The largest absolute Gasteiger partial charge is 0.457 e. The summed E-state index contributed by atoms with van der Waals surface area (Å²) in [6, 6.07) is 8.96. The fraction of sp³-hybridized carbons (Fsp3) is 0.0714. The van der Waals surface area contributed by atoms with Crippen LogP contribution in [0.1, 0.15) is 15.9 Å². The SMILES string of the molecule is O=C(OCc1ccc([N+](=O)[O-])cc1)c1cc(Cl)ccc1[N+](=O)[O-]. The number of halogens is 1. The Balaban J connectivity index is 2.12. The zero-order valence-corrected chi connectivity index (χ0v) is 12.2. The molecule has 0 saturated heterocycles. The summed E-state index contributed by atoms with van der Waals surface area (Å²) in [6.45, 7) is -0.180. The minimum atomic E-state index is -0.905. The second kappa shape index (κ2) is 6.84. The number of carbonyl (C=O) groups excluding carboxylic acids is 1. The van der Waals surface area contributed by atoms with Gasteiger partial charge in [0.2, 0.25) is 0 Å². The summed E-state index contributed by atoms with van der Waals surface area (Å²) in [5.74, 6) is -0.905. The number of ether oxygens (including phenoxy) is 1. The average molecular weight is 337 g/mol. The Kier molecular flexibility index (Phi) is 4.87. The zero-order valence-electron chi connectivity index (χ0n) is 11.5. The highest BCUT2D eigenvalue weighted by molar-refractivity contribution is 6.31. The van der Waals surface area contributed by atoms with Crippen molar-refractivity contribution in [3.63, 3.8) is 0 Å². The number of hydrogen-bond donors (Lipinski definition) is 0. The topological polar surface area (TPSA) is 113 Å². The van der Waals surface area contributed by atoms with E-state index in [-0.39, 0.29) is 22.9 Å². The first kappa shape index (κ1) is 16.4. The predicted octanol–water partition coefficient (Wildman–Crippen LogP) is 3.51. The highest BCUT2D eigenvalue weighted by atomic mass is 35.5. The van der Waals surface area contributed by atoms with Gasteiger partial charge < -0.3 is 4.74 Å². The summed E-state index contributed by atoms with van der Waals surface area (Å²) < 4.78 is 4.99. The zero-order chi connectivity index (χ0) is 17.0. The lowest BCUT2D eigenvalue weighted by atomic mass is 10.2. The minimum Gasteiger partial charge on any atom is -0.457 e. The van der Waals surface area contributed by atoms with Gasteiger partial charge in [-0.05, 0) is 29.8 Å². The van der Waals surface area contributed by atoms with Gasteiger partial charge in [-0.25, -0.2) is 4.79 Å². The lowest BCUT2D eigenvalue weighted by Gasteiger charge is -2.06. The van der Waals surface area contributed by atoms with Gasteiger partial charge in [0.15, 0.2) is 0 Å². The maximum Gasteiger partial charge on any atom is 0.345 e. The molecule has 8 nitrogen and oxygen atoms in total. The smallest absolute Gasteiger partial charge is 0.345 e. The van der Waals surface area contributed by atoms with E-state index in [1.54, 1.807) is 0 Å². The highest BCUT2D eigenvalue weighted by Gasteiger charge is 2.21. The minimum absolute atomic E-state index is 0.0921. The lowest BCUT2D eigenvalue weighted by molar-refractivity contribution is -0.385. The van der Waals surface area contributed by atoms with Gasteiger partial charge in [0.25, 0.3) is 11.4 Å². The van der Waals surface area contributed by atoms with Gasteiger partial charge in [0.05, 0.1) is 9.85 Å². The van der Waals surface area contributed by atoms with E-state index >= 15 is 0 Å². The van der Waals surface area contributed by atoms with E-state index in [1.807, 2.05) is 0 Å². The van der Waals surface area contributed by atoms with Gasteiger partial charge >= 0.3 is 5.97 Å². The van der Waals surface area contributed by atoms with Crippen LogP contribution in [0.3, 0.4) is 0 Å². The van der Waals surface area contributed by atoms with E-state index in [2.05, 4.69) is 0 Å². The van der Waals surface area contributed by atoms with Crippen molar-refractivity contribution < 1.29 is 19.4 Å². The molecule has 0 saturated carbocycles. The number of hydrogen-bond acceptors (Lipinski definition) is 6. The molecular formula is C14H9ClN2O6. The Labute approximate surface area is 134 Å². The first-order chi connectivity index (χ1) is 10.9. The average Bonchev–Trinajstić information content (AvgIpc) is 2.52. The Morgan fingerprint density at radius 2 is 1.70 bits per heavy atom. The molecule has 0 N–H and O–H groups in total. The van der Waals surface area contributed by atoms with Crippen molar-refractivity contribution in [1.29, 1.82) is 0 Å². The van der Waals surface area contributed by atoms with Gasteiger partial charge in [-0.1, -0.05) is 11.6 Å². The number of benzene rings is 2. The van der Waals surface area contributed by atoms with Crippen molar-refractivity contribution >= 4 is 28.9 Å². The molecule has 0 aliphatic rings. The quantitative estimate of drug-likeness (QED) is 0.469. The third-order valence-corrected chi connectivity index (χ3v) is 3.13. The van der Waals surface area contributed by atoms with Crippen molar-refractivity contribution in [2.24, 2.45) is 0 Å². The monoisotopic (exact) mass is 336 g/mol. The number of nitro groups is 2. The molecule has 23 heavy (non-hydrogen) atoms. The van der Waals surface area contributed by atoms with E-state index in [9.17, 15) is 25.0 Å². The lowest BCUT2D eigenvalue weighted by Crippen LogP contribution is -2.08. The number of rotatable bonds is 5. The summed E-state index contributed by atoms with van der Waals surface area (Å²) in [5, 5.41) is 21.6. The summed E-state index contributed by atoms with van der Waals surface area (Å²) in [7, 11) is 0. The molecule has 0 aromatic heterocycles. The number of nitrogens with zero attached hydrogens (tertiary/aromatic N) is 2. The van der Waals surface area contributed by atoms with Crippen molar-refractivity contribution in [2.45, 2.75) is 6.61 Å². The van der Waals surface area contributed by atoms with Gasteiger partial charge in [0, 0.05) is 23.2 Å². The van der Waals surface area contributed by atoms with Crippen molar-refractivity contribution in [3.05, 3.63) is 78.8 Å². The first-order valence-electron chi connectivity index (χ1n) is 6.23. The summed E-state index contributed by atoms with van der Waals surface area (Å²) >= 11 is 5.74. The Morgan fingerprint density at radius 1 is 1.04 bits per heavy atom. The van der Waals surface area contributed by atoms with Crippen LogP contribution in [0.15, 0.2) is 42.5 Å². The van der Waals surface area contributed by atoms with Crippen molar-refractivity contribution in [3.8, 4) is 0 Å². The number of non-ortho nitro benzene ring substituents is 1. The van der Waals surface area contributed by atoms with Gasteiger partial charge in [-0.3, -0.25) is 20.2 Å². The fourth-order valence-corrected chi connectivity index (χ4v) is 1.94. The van der Waals surface area contributed by atoms with Crippen LogP contribution >= 0.6 is 11.6 Å². The molecule has 0 aliphatic heterocycles. The van der Waals surface area contributed by atoms with E-state index in [0.29, 0.717) is 5.56 Å². The van der Waals surface area contributed by atoms with Crippen LogP contribution in [0.2, 0.25) is 5.02 Å². The number of nitro benzene ring substituents is 2. The van der Waals surface area contributed by atoms with Gasteiger partial charge in [-0.2, -0.15) is 0 Å². The molecule has 0 fully saturated rings. The second-order valence-corrected chi connectivity index (χ2v) is 4.85. The standard InChI is InChI=1S/C14H9ClN2O6/c15-10-3-6-13(17(21)22)12(7-10)14(18)23-8-9-1-4-11(5-2-9)16(19)20/h1-7H,8H2. The van der Waals surface area contributed by atoms with Crippen molar-refractivity contribution in [1.82, 2.24) is 0 Å². The van der Waals surface area contributed by atoms with Crippen LogP contribution in [0, 0.1) is 20.2 Å². The molecule has 0 heterocycles. The Morgan fingerprint density at radius 3 is 2.26 bits per heavy atom. The molecule has 0 spiro atoms. The maximum absolute atomic E-state index is 12.0. The molecular weight excluding hydrogens is 328 g/mol. The normalized spacial score (nSPS) is 10.1. The summed E-state index contributed by atoms with van der Waals surface area (Å²) in [6.07, 6.45) is 0. The molecule has 0 atom stereocenters. The number of esters is 1. The van der Waals surface area contributed by atoms with Crippen LogP contribution in [-0.2, 0) is 11.3 Å². The fourth-order valence-electron chi connectivity index (χ4n) is 1.77. The molecule has 0 unspecified atom stereocenters. The maximum atomic E-state index is 12.0. The van der Waals surface area contributed by atoms with Gasteiger partial charge in [-0.15, -0.1) is 0 Å². The van der Waals surface area contributed by atoms with Crippen LogP contribution in [-0.4, -0.2) is 15.8 Å². The highest BCUT2D eigenvalue weighted by Crippen LogP contribution is 2.24. The Bertz CT molecular complexity index is 775. The van der Waals surface area contributed by atoms with Crippen LogP contribution in [0.25, 0.3) is 0 Å². The van der Waals surface area contributed by atoms with E-state index in [4.69, 9.17) is 16.3 Å². The molecule has 2 aromatic carbocycles. The molecule has 0 aliphatic carbocycles. The second-order valence-electron chi connectivity index (χ2n) is 4.42. The van der Waals surface area contributed by atoms with Crippen LogP contribution < -0.4 is 0 Å². The number of carbonyl (C=O) groups is 1. The summed E-state index contributed by atoms with van der Waals surface area (Å²) in [5.41, 5.74) is -0.258. The molecule has 0 radical (unpaired) electrons. The molecule has 0 bridgehead atoms. The third-order valence-electron chi connectivity index (χ3n) is 2.89. The van der Waals surface area contributed by atoms with E-state index < -0.39 is 21.5 Å². The van der Waals surface area contributed by atoms with Crippen LogP contribution in [0.4, 0.5) is 11.4 Å². The molecule has 2 aromatic rings. The molecule has 9 heteroatoms. The van der Waals surface area contributed by atoms with Crippen molar-refractivity contribution in [2.75, 3.05) is 0 Å². The molecule has 118 valence electrons. The van der Waals surface area contributed by atoms with E-state index in [1.165, 1.54) is 30.3 Å². The molecule has 2 rings (SSSR count). The Hall–Kier alpha value is -3.00. The van der Waals surface area contributed by atoms with Gasteiger partial charge in [0.1, 0.15) is 12.2 Å². The summed E-state index contributed by atoms with van der Waals surface area (Å²) in [4.78, 5) is 32.2. The molecule has 0 amide bonds. The predicted molar refractivity (Wildman–Crippen MR) is 80.3 cm³/mol. The third kappa shape index (κ3) is 4.01.